The van der Waals surface area contributed by atoms with Crippen molar-refractivity contribution in [2.75, 3.05) is 24.5 Å². The van der Waals surface area contributed by atoms with Crippen LogP contribution in [0.4, 0.5) is 5.82 Å². The van der Waals surface area contributed by atoms with Crippen LogP contribution in [0.2, 0.25) is 0 Å². The van der Waals surface area contributed by atoms with Gasteiger partial charge < -0.3 is 10.6 Å². The fourth-order valence-corrected chi connectivity index (χ4v) is 2.67. The van der Waals surface area contributed by atoms with Crippen molar-refractivity contribution in [3.8, 4) is 0 Å². The average molecular weight is 264 g/mol. The van der Waals surface area contributed by atoms with Crippen LogP contribution in [-0.4, -0.2) is 29.6 Å². The van der Waals surface area contributed by atoms with E-state index >= 15 is 0 Å². The molecule has 4 nitrogen and oxygen atoms in total. The third-order valence-electron chi connectivity index (χ3n) is 3.09. The van der Waals surface area contributed by atoms with Crippen molar-refractivity contribution in [2.24, 2.45) is 11.1 Å². The number of fused-ring (bicyclic) bond motifs is 1. The summed E-state index contributed by atoms with van der Waals surface area (Å²) in [6, 6.07) is 2.09. The van der Waals surface area contributed by atoms with Crippen LogP contribution in [0.1, 0.15) is 20.8 Å². The number of hydrogen-bond donors (Lipinski definition) is 1. The molecular formula is C13H20N4S. The molecule has 2 N–H and O–H groups in total. The summed E-state index contributed by atoms with van der Waals surface area (Å²) in [5.41, 5.74) is 5.91. The van der Waals surface area contributed by atoms with E-state index in [1.54, 1.807) is 17.7 Å². The Kier molecular flexibility index (Phi) is 3.82. The maximum absolute atomic E-state index is 5.82. The second-order valence-electron chi connectivity index (χ2n) is 5.22. The standard InChI is InChI=1S/C13H20N4S/c1-4-17(8-13(2,3)7-14)11-10-5-6-18-12(10)16-9-15-11/h5-6,9H,4,7-8,14H2,1-3H3. The van der Waals surface area contributed by atoms with E-state index in [-0.39, 0.29) is 5.41 Å². The Morgan fingerprint density at radius 2 is 2.17 bits per heavy atom. The molecule has 0 fully saturated rings. The normalized spacial score (nSPS) is 12.0. The fourth-order valence-electron chi connectivity index (χ4n) is 1.95. The van der Waals surface area contributed by atoms with Gasteiger partial charge in [-0.2, -0.15) is 0 Å². The number of hydrogen-bond acceptors (Lipinski definition) is 5. The molecule has 0 saturated heterocycles. The van der Waals surface area contributed by atoms with Crippen LogP contribution in [0.25, 0.3) is 10.2 Å². The van der Waals surface area contributed by atoms with E-state index in [2.05, 4.69) is 47.1 Å². The highest BCUT2D eigenvalue weighted by Crippen LogP contribution is 2.28. The molecule has 5 heteroatoms. The second kappa shape index (κ2) is 5.20. The van der Waals surface area contributed by atoms with Crippen molar-refractivity contribution in [1.29, 1.82) is 0 Å². The van der Waals surface area contributed by atoms with Crippen molar-refractivity contribution in [3.05, 3.63) is 17.8 Å². The van der Waals surface area contributed by atoms with E-state index in [4.69, 9.17) is 5.73 Å². The van der Waals surface area contributed by atoms with Crippen molar-refractivity contribution in [1.82, 2.24) is 9.97 Å². The summed E-state index contributed by atoms with van der Waals surface area (Å²) in [5.74, 6) is 1.02. The Morgan fingerprint density at radius 1 is 1.39 bits per heavy atom. The molecule has 0 amide bonds. The predicted octanol–water partition coefficient (Wildman–Crippen LogP) is 2.50. The molecule has 0 spiro atoms. The lowest BCUT2D eigenvalue weighted by molar-refractivity contribution is 0.379. The third kappa shape index (κ3) is 2.62. The van der Waals surface area contributed by atoms with Crippen LogP contribution in [0.3, 0.4) is 0 Å². The first kappa shape index (κ1) is 13.2. The Morgan fingerprint density at radius 3 is 2.83 bits per heavy atom. The largest absolute Gasteiger partial charge is 0.356 e. The summed E-state index contributed by atoms with van der Waals surface area (Å²) in [4.78, 5) is 12.1. The first-order chi connectivity index (χ1) is 8.57. The summed E-state index contributed by atoms with van der Waals surface area (Å²) in [5, 5.41) is 3.20. The molecule has 0 aliphatic rings. The zero-order chi connectivity index (χ0) is 13.2. The van der Waals surface area contributed by atoms with E-state index in [0.717, 1.165) is 29.1 Å². The lowest BCUT2D eigenvalue weighted by Crippen LogP contribution is -2.39. The van der Waals surface area contributed by atoms with Gasteiger partial charge >= 0.3 is 0 Å². The lowest BCUT2D eigenvalue weighted by atomic mass is 9.93. The molecule has 0 radical (unpaired) electrons. The number of anilines is 1. The second-order valence-corrected chi connectivity index (χ2v) is 6.11. The van der Waals surface area contributed by atoms with Gasteiger partial charge in [-0.1, -0.05) is 13.8 Å². The van der Waals surface area contributed by atoms with Crippen LogP contribution >= 0.6 is 11.3 Å². The minimum atomic E-state index is 0.0866. The summed E-state index contributed by atoms with van der Waals surface area (Å²) < 4.78 is 0. The van der Waals surface area contributed by atoms with Gasteiger partial charge in [0.15, 0.2) is 0 Å². The first-order valence-electron chi connectivity index (χ1n) is 6.20. The summed E-state index contributed by atoms with van der Waals surface area (Å²) >= 11 is 1.65. The molecule has 2 aromatic heterocycles. The van der Waals surface area contributed by atoms with E-state index in [9.17, 15) is 0 Å². The molecular weight excluding hydrogens is 244 g/mol. The molecule has 0 aromatic carbocycles. The molecule has 98 valence electrons. The monoisotopic (exact) mass is 264 g/mol. The molecule has 0 aliphatic carbocycles. The molecule has 2 heterocycles. The molecule has 2 aromatic rings. The SMILES string of the molecule is CCN(CC(C)(C)CN)c1ncnc2sccc12. The van der Waals surface area contributed by atoms with Crippen LogP contribution < -0.4 is 10.6 Å². The van der Waals surface area contributed by atoms with Gasteiger partial charge in [-0.15, -0.1) is 11.3 Å². The van der Waals surface area contributed by atoms with E-state index in [1.165, 1.54) is 0 Å². The third-order valence-corrected chi connectivity index (χ3v) is 3.91. The van der Waals surface area contributed by atoms with E-state index in [1.807, 2.05) is 0 Å². The van der Waals surface area contributed by atoms with Crippen LogP contribution in [0.5, 0.6) is 0 Å². The van der Waals surface area contributed by atoms with Crippen molar-refractivity contribution >= 4 is 27.4 Å². The molecule has 2 rings (SSSR count). The van der Waals surface area contributed by atoms with Crippen LogP contribution in [-0.2, 0) is 0 Å². The van der Waals surface area contributed by atoms with Gasteiger partial charge in [0.25, 0.3) is 0 Å². The molecule has 18 heavy (non-hydrogen) atoms. The minimum absolute atomic E-state index is 0.0866. The smallest absolute Gasteiger partial charge is 0.140 e. The Bertz CT molecular complexity index is 520. The quantitative estimate of drug-likeness (QED) is 0.901. The Labute approximate surface area is 112 Å². The number of rotatable bonds is 5. The maximum atomic E-state index is 5.82. The molecule has 0 saturated carbocycles. The lowest BCUT2D eigenvalue weighted by Gasteiger charge is -2.32. The molecule has 0 unspecified atom stereocenters. The van der Waals surface area contributed by atoms with Crippen LogP contribution in [0, 0.1) is 5.41 Å². The maximum Gasteiger partial charge on any atom is 0.140 e. The number of thiophene rings is 1. The minimum Gasteiger partial charge on any atom is -0.356 e. The fraction of sp³-hybridized carbons (Fsp3) is 0.538. The van der Waals surface area contributed by atoms with Crippen molar-refractivity contribution in [2.45, 2.75) is 20.8 Å². The van der Waals surface area contributed by atoms with Gasteiger partial charge in [-0.05, 0) is 30.3 Å². The van der Waals surface area contributed by atoms with Crippen molar-refractivity contribution < 1.29 is 0 Å². The number of nitrogens with two attached hydrogens (primary N) is 1. The predicted molar refractivity (Wildman–Crippen MR) is 78.1 cm³/mol. The first-order valence-corrected chi connectivity index (χ1v) is 7.08. The molecule has 0 bridgehead atoms. The van der Waals surface area contributed by atoms with Gasteiger partial charge in [0.05, 0.1) is 5.39 Å². The van der Waals surface area contributed by atoms with E-state index in [0.29, 0.717) is 6.54 Å². The zero-order valence-corrected chi connectivity index (χ0v) is 12.0. The summed E-state index contributed by atoms with van der Waals surface area (Å²) in [6.45, 7) is 9.00. The molecule has 0 atom stereocenters. The summed E-state index contributed by atoms with van der Waals surface area (Å²) in [6.07, 6.45) is 1.65. The van der Waals surface area contributed by atoms with Crippen LogP contribution in [0.15, 0.2) is 17.8 Å². The van der Waals surface area contributed by atoms with Gasteiger partial charge in [0.1, 0.15) is 17.0 Å². The highest BCUT2D eigenvalue weighted by atomic mass is 32.1. The number of aromatic nitrogens is 2. The number of nitrogens with zero attached hydrogens (tertiary/aromatic N) is 3. The molecule has 0 aliphatic heterocycles. The Hall–Kier alpha value is -1.20. The zero-order valence-electron chi connectivity index (χ0n) is 11.2. The van der Waals surface area contributed by atoms with Gasteiger partial charge in [-0.25, -0.2) is 9.97 Å². The van der Waals surface area contributed by atoms with Gasteiger partial charge in [0.2, 0.25) is 0 Å². The highest BCUT2D eigenvalue weighted by molar-refractivity contribution is 7.16. The van der Waals surface area contributed by atoms with Crippen molar-refractivity contribution in [3.63, 3.8) is 0 Å². The van der Waals surface area contributed by atoms with Gasteiger partial charge in [-0.3, -0.25) is 0 Å². The van der Waals surface area contributed by atoms with Gasteiger partial charge in [0, 0.05) is 13.1 Å². The highest BCUT2D eigenvalue weighted by Gasteiger charge is 2.21. The van der Waals surface area contributed by atoms with E-state index < -0.39 is 0 Å². The average Bonchev–Trinajstić information content (AvgIpc) is 2.84. The summed E-state index contributed by atoms with van der Waals surface area (Å²) in [7, 11) is 0. The Balaban J connectivity index is 2.35. The topological polar surface area (TPSA) is 55.0 Å².